The van der Waals surface area contributed by atoms with Gasteiger partial charge in [-0.1, -0.05) is 12.1 Å². The number of hydrogen-bond donors (Lipinski definition) is 1. The van der Waals surface area contributed by atoms with Crippen molar-refractivity contribution < 1.29 is 14.3 Å². The van der Waals surface area contributed by atoms with Crippen LogP contribution in [0.3, 0.4) is 0 Å². The van der Waals surface area contributed by atoms with Gasteiger partial charge < -0.3 is 9.72 Å². The summed E-state index contributed by atoms with van der Waals surface area (Å²) in [6.45, 7) is 1.87. The van der Waals surface area contributed by atoms with E-state index in [0.717, 1.165) is 0 Å². The number of carbonyl (C=O) groups excluding carboxylic acids is 2. The van der Waals surface area contributed by atoms with Crippen molar-refractivity contribution >= 4 is 35.1 Å². The number of rotatable bonds is 4. The molecule has 0 saturated carbocycles. The zero-order valence-corrected chi connectivity index (χ0v) is 11.7. The van der Waals surface area contributed by atoms with Crippen LogP contribution in [0.2, 0.25) is 0 Å². The van der Waals surface area contributed by atoms with Gasteiger partial charge in [-0.2, -0.15) is 0 Å². The zero-order valence-electron chi connectivity index (χ0n) is 10.8. The van der Waals surface area contributed by atoms with E-state index in [1.165, 1.54) is 6.20 Å². The summed E-state index contributed by atoms with van der Waals surface area (Å²) in [5.74, 6) is -1.16. The van der Waals surface area contributed by atoms with E-state index in [2.05, 4.69) is 9.72 Å². The quantitative estimate of drug-likeness (QED) is 0.532. The Hall–Kier alpha value is -2.14. The second-order valence-corrected chi connectivity index (χ2v) is 3.98. The lowest BCUT2D eigenvalue weighted by molar-refractivity contribution is -0.141. The summed E-state index contributed by atoms with van der Waals surface area (Å²) >= 11 is 0. The van der Waals surface area contributed by atoms with Crippen LogP contribution in [0.5, 0.6) is 0 Å². The van der Waals surface area contributed by atoms with Crippen LogP contribution in [-0.2, 0) is 9.53 Å². The largest absolute Gasteiger partial charge is 0.466 e. The van der Waals surface area contributed by atoms with E-state index in [1.807, 2.05) is 0 Å². The lowest BCUT2D eigenvalue weighted by atomic mass is 10.1. The molecule has 1 aromatic carbocycles. The molecule has 0 aliphatic rings. The molecule has 20 heavy (non-hydrogen) atoms. The van der Waals surface area contributed by atoms with Gasteiger partial charge in [0.25, 0.3) is 0 Å². The molecule has 0 spiro atoms. The lowest BCUT2D eigenvalue weighted by Gasteiger charge is -2.03. The molecule has 0 unspecified atom stereocenters. The lowest BCUT2D eigenvalue weighted by Crippen LogP contribution is -2.19. The van der Waals surface area contributed by atoms with Crippen molar-refractivity contribution in [2.45, 2.75) is 13.3 Å². The first-order chi connectivity index (χ1) is 9.13. The Morgan fingerprint density at radius 1 is 1.25 bits per heavy atom. The van der Waals surface area contributed by atoms with Crippen molar-refractivity contribution in [1.29, 1.82) is 0 Å². The molecular formula is C14H14ClNO4. The maximum atomic E-state index is 12.1. The fourth-order valence-corrected chi connectivity index (χ4v) is 1.81. The van der Waals surface area contributed by atoms with Crippen LogP contribution in [0.25, 0.3) is 10.9 Å². The number of nitrogens with one attached hydrogen (secondary N) is 1. The van der Waals surface area contributed by atoms with Crippen LogP contribution in [0, 0.1) is 0 Å². The van der Waals surface area contributed by atoms with Crippen molar-refractivity contribution in [1.82, 2.24) is 4.98 Å². The van der Waals surface area contributed by atoms with E-state index in [9.17, 15) is 14.4 Å². The molecule has 2 rings (SSSR count). The van der Waals surface area contributed by atoms with Crippen LogP contribution in [0.1, 0.15) is 23.7 Å². The molecule has 0 amide bonds. The molecule has 0 fully saturated rings. The van der Waals surface area contributed by atoms with Crippen molar-refractivity contribution in [3.8, 4) is 0 Å². The first-order valence-corrected chi connectivity index (χ1v) is 5.92. The van der Waals surface area contributed by atoms with Crippen LogP contribution in [0.4, 0.5) is 0 Å². The monoisotopic (exact) mass is 295 g/mol. The Labute approximate surface area is 121 Å². The Morgan fingerprint density at radius 3 is 2.65 bits per heavy atom. The van der Waals surface area contributed by atoms with Gasteiger partial charge in [0.2, 0.25) is 0 Å². The van der Waals surface area contributed by atoms with Crippen molar-refractivity contribution in [3.63, 3.8) is 0 Å². The highest BCUT2D eigenvalue weighted by Crippen LogP contribution is 2.08. The summed E-state index contributed by atoms with van der Waals surface area (Å²) in [5, 5.41) is 0.428. The summed E-state index contributed by atoms with van der Waals surface area (Å²) < 4.78 is 4.69. The standard InChI is InChI=1S/C14H13NO4.ClH/c1-2-19-13(17)7-12(16)10-8-15-11-6-4-3-5-9(11)14(10)18;/h3-6,8H,2,7H2,1H3,(H,15,18);1H. The molecule has 5 nitrogen and oxygen atoms in total. The normalized spacial score (nSPS) is 9.85. The summed E-state index contributed by atoms with van der Waals surface area (Å²) in [5.41, 5.74) is 0.260. The first kappa shape index (κ1) is 15.9. The summed E-state index contributed by atoms with van der Waals surface area (Å²) in [7, 11) is 0. The molecule has 0 aliphatic heterocycles. The second kappa shape index (κ2) is 6.86. The number of ether oxygens (including phenoxy) is 1. The first-order valence-electron chi connectivity index (χ1n) is 5.92. The van der Waals surface area contributed by atoms with Gasteiger partial charge in [0.1, 0.15) is 6.42 Å². The van der Waals surface area contributed by atoms with Gasteiger partial charge >= 0.3 is 5.97 Å². The molecule has 0 radical (unpaired) electrons. The van der Waals surface area contributed by atoms with Gasteiger partial charge in [-0.15, -0.1) is 12.4 Å². The van der Waals surface area contributed by atoms with Crippen LogP contribution in [-0.4, -0.2) is 23.3 Å². The predicted molar refractivity (Wildman–Crippen MR) is 77.4 cm³/mol. The highest BCUT2D eigenvalue weighted by Gasteiger charge is 2.16. The highest BCUT2D eigenvalue weighted by molar-refractivity contribution is 6.07. The Balaban J connectivity index is 0.00000200. The number of hydrogen-bond acceptors (Lipinski definition) is 4. The number of fused-ring (bicyclic) bond motifs is 1. The minimum absolute atomic E-state index is 0. The van der Waals surface area contributed by atoms with Crippen molar-refractivity contribution in [2.75, 3.05) is 6.61 Å². The number of carbonyl (C=O) groups is 2. The highest BCUT2D eigenvalue weighted by atomic mass is 35.5. The third-order valence-electron chi connectivity index (χ3n) is 2.70. The van der Waals surface area contributed by atoms with Crippen molar-refractivity contribution in [3.05, 3.63) is 46.2 Å². The molecule has 2 aromatic rings. The van der Waals surface area contributed by atoms with E-state index in [-0.39, 0.29) is 30.0 Å². The molecule has 0 bridgehead atoms. The van der Waals surface area contributed by atoms with Crippen LogP contribution >= 0.6 is 12.4 Å². The van der Waals surface area contributed by atoms with Crippen LogP contribution < -0.4 is 5.43 Å². The number of Topliss-reactive ketones (excluding diaryl/α,β-unsaturated/α-hetero) is 1. The molecule has 6 heteroatoms. The smallest absolute Gasteiger partial charge is 0.313 e. The minimum atomic E-state index is -0.625. The second-order valence-electron chi connectivity index (χ2n) is 3.98. The number of benzene rings is 1. The van der Waals surface area contributed by atoms with E-state index < -0.39 is 18.2 Å². The van der Waals surface area contributed by atoms with Crippen LogP contribution in [0.15, 0.2) is 35.3 Å². The summed E-state index contributed by atoms with van der Waals surface area (Å²) in [6.07, 6.45) is 0.918. The number of pyridine rings is 1. The number of para-hydroxylation sites is 1. The SMILES string of the molecule is CCOC(=O)CC(=O)c1c[nH]c2ccccc2c1=O.Cl. The molecule has 0 atom stereocenters. The van der Waals surface area contributed by atoms with Gasteiger partial charge in [0.15, 0.2) is 11.2 Å². The van der Waals surface area contributed by atoms with Crippen molar-refractivity contribution in [2.24, 2.45) is 0 Å². The minimum Gasteiger partial charge on any atom is -0.466 e. The predicted octanol–water partition coefficient (Wildman–Crippen LogP) is 2.09. The third kappa shape index (κ3) is 3.24. The molecule has 1 aromatic heterocycles. The molecule has 0 aliphatic carbocycles. The molecule has 1 heterocycles. The summed E-state index contributed by atoms with van der Waals surface area (Å²) in [4.78, 5) is 38.1. The third-order valence-corrected chi connectivity index (χ3v) is 2.70. The number of H-pyrrole nitrogens is 1. The van der Waals surface area contributed by atoms with E-state index in [4.69, 9.17) is 0 Å². The summed E-state index contributed by atoms with van der Waals surface area (Å²) in [6, 6.07) is 6.89. The Morgan fingerprint density at radius 2 is 1.95 bits per heavy atom. The van der Waals surface area contributed by atoms with Gasteiger partial charge in [0.05, 0.1) is 12.2 Å². The zero-order chi connectivity index (χ0) is 13.8. The van der Waals surface area contributed by atoms with Gasteiger partial charge in [-0.05, 0) is 19.1 Å². The molecule has 1 N–H and O–H groups in total. The fraction of sp³-hybridized carbons (Fsp3) is 0.214. The average molecular weight is 296 g/mol. The molecular weight excluding hydrogens is 282 g/mol. The van der Waals surface area contributed by atoms with E-state index in [0.29, 0.717) is 10.9 Å². The molecule has 0 saturated heterocycles. The van der Waals surface area contributed by atoms with E-state index >= 15 is 0 Å². The number of esters is 1. The Bertz CT molecular complexity index is 693. The van der Waals surface area contributed by atoms with Gasteiger partial charge in [-0.3, -0.25) is 14.4 Å². The maximum absolute atomic E-state index is 12.1. The average Bonchev–Trinajstić information content (AvgIpc) is 2.39. The molecule has 106 valence electrons. The number of aromatic nitrogens is 1. The Kier molecular flexibility index (Phi) is 5.46. The van der Waals surface area contributed by atoms with E-state index in [1.54, 1.807) is 31.2 Å². The maximum Gasteiger partial charge on any atom is 0.313 e. The fourth-order valence-electron chi connectivity index (χ4n) is 1.81. The number of halogens is 1. The topological polar surface area (TPSA) is 76.2 Å². The van der Waals surface area contributed by atoms with Gasteiger partial charge in [-0.25, -0.2) is 0 Å². The number of ketones is 1. The van der Waals surface area contributed by atoms with Gasteiger partial charge in [0, 0.05) is 17.1 Å². The number of aromatic amines is 1.